The number of ether oxygens (including phenoxy) is 1. The van der Waals surface area contributed by atoms with E-state index in [0.29, 0.717) is 23.4 Å². The largest absolute Gasteiger partial charge is 0.376 e. The Morgan fingerprint density at radius 3 is 2.83 bits per heavy atom. The monoisotopic (exact) mass is 447 g/mol. The van der Waals surface area contributed by atoms with Gasteiger partial charge >= 0.3 is 0 Å². The molecule has 1 aliphatic carbocycles. The molecule has 30 heavy (non-hydrogen) atoms. The van der Waals surface area contributed by atoms with E-state index in [-0.39, 0.29) is 17.6 Å². The van der Waals surface area contributed by atoms with Gasteiger partial charge in [0.15, 0.2) is 5.16 Å². The summed E-state index contributed by atoms with van der Waals surface area (Å²) in [5, 5.41) is 1.48. The van der Waals surface area contributed by atoms with E-state index in [1.165, 1.54) is 22.2 Å². The highest BCUT2D eigenvalue weighted by Crippen LogP contribution is 2.36. The maximum atomic E-state index is 13.5. The Hall–Kier alpha value is -1.38. The molecule has 0 N–H and O–H groups in total. The van der Waals surface area contributed by atoms with Crippen molar-refractivity contribution < 1.29 is 9.53 Å². The summed E-state index contributed by atoms with van der Waals surface area (Å²) in [5.41, 5.74) is 1.26. The predicted octanol–water partition coefficient (Wildman–Crippen LogP) is 3.48. The molecule has 5 rings (SSSR count). The van der Waals surface area contributed by atoms with Gasteiger partial charge in [0.25, 0.3) is 5.56 Å². The van der Waals surface area contributed by atoms with Crippen molar-refractivity contribution in [2.24, 2.45) is 5.92 Å². The molecule has 2 aromatic rings. The maximum absolute atomic E-state index is 13.5. The SMILES string of the molecule is CC1CCN(C(=O)CSc2nc3sc4c(c3c(=O)n2C[C@@H]2CCCO2)CCC4)CC1. The van der Waals surface area contributed by atoms with Gasteiger partial charge in [-0.25, -0.2) is 4.98 Å². The zero-order valence-corrected chi connectivity index (χ0v) is 19.2. The van der Waals surface area contributed by atoms with Gasteiger partial charge in [0.2, 0.25) is 5.91 Å². The van der Waals surface area contributed by atoms with Crippen molar-refractivity contribution in [1.82, 2.24) is 14.5 Å². The summed E-state index contributed by atoms with van der Waals surface area (Å²) in [4.78, 5) is 35.3. The van der Waals surface area contributed by atoms with Crippen molar-refractivity contribution in [3.05, 3.63) is 20.8 Å². The third-order valence-corrected chi connectivity index (χ3v) is 8.81. The number of hydrogen-bond acceptors (Lipinski definition) is 6. The zero-order chi connectivity index (χ0) is 20.7. The second-order valence-corrected chi connectivity index (χ2v) is 10.9. The van der Waals surface area contributed by atoms with E-state index in [0.717, 1.165) is 74.9 Å². The Morgan fingerprint density at radius 1 is 1.23 bits per heavy atom. The predicted molar refractivity (Wildman–Crippen MR) is 121 cm³/mol. The molecule has 1 amide bonds. The summed E-state index contributed by atoms with van der Waals surface area (Å²) in [6, 6.07) is 0. The lowest BCUT2D eigenvalue weighted by atomic mass is 9.99. The minimum absolute atomic E-state index is 0.0525. The summed E-state index contributed by atoms with van der Waals surface area (Å²) in [5.74, 6) is 1.19. The lowest BCUT2D eigenvalue weighted by Crippen LogP contribution is -2.39. The van der Waals surface area contributed by atoms with Crippen molar-refractivity contribution in [2.75, 3.05) is 25.4 Å². The van der Waals surface area contributed by atoms with E-state index in [9.17, 15) is 9.59 Å². The highest BCUT2D eigenvalue weighted by molar-refractivity contribution is 7.99. The fraction of sp³-hybridized carbons (Fsp3) is 0.682. The number of amides is 1. The molecule has 0 unspecified atom stereocenters. The zero-order valence-electron chi connectivity index (χ0n) is 17.5. The van der Waals surface area contributed by atoms with Crippen LogP contribution in [0.4, 0.5) is 0 Å². The normalized spacial score (nSPS) is 22.2. The number of piperidine rings is 1. The molecule has 0 saturated carbocycles. The average molecular weight is 448 g/mol. The number of rotatable bonds is 5. The first-order valence-corrected chi connectivity index (χ1v) is 13.0. The second-order valence-electron chi connectivity index (χ2n) is 8.83. The molecular weight excluding hydrogens is 418 g/mol. The summed E-state index contributed by atoms with van der Waals surface area (Å²) in [6.07, 6.45) is 7.38. The molecule has 0 aromatic carbocycles. The minimum atomic E-state index is 0.0525. The van der Waals surface area contributed by atoms with Crippen LogP contribution >= 0.6 is 23.1 Å². The first-order chi connectivity index (χ1) is 14.6. The first kappa shape index (κ1) is 20.5. The molecule has 0 radical (unpaired) electrons. The van der Waals surface area contributed by atoms with E-state index < -0.39 is 0 Å². The first-order valence-electron chi connectivity index (χ1n) is 11.2. The van der Waals surface area contributed by atoms with Gasteiger partial charge in [0.05, 0.1) is 23.8 Å². The molecule has 2 aliphatic heterocycles. The Morgan fingerprint density at radius 2 is 2.07 bits per heavy atom. The molecule has 8 heteroatoms. The third kappa shape index (κ3) is 3.94. The Balaban J connectivity index is 1.42. The van der Waals surface area contributed by atoms with Crippen LogP contribution in [0.5, 0.6) is 0 Å². The van der Waals surface area contributed by atoms with Crippen molar-refractivity contribution in [3.63, 3.8) is 0 Å². The molecule has 2 fully saturated rings. The fourth-order valence-corrected chi connectivity index (χ4v) is 7.01. The highest BCUT2D eigenvalue weighted by Gasteiger charge is 2.26. The number of nitrogens with zero attached hydrogens (tertiary/aromatic N) is 3. The van der Waals surface area contributed by atoms with Crippen molar-refractivity contribution in [3.8, 4) is 0 Å². The van der Waals surface area contributed by atoms with Crippen LogP contribution in [0.2, 0.25) is 0 Å². The molecule has 162 valence electrons. The summed E-state index contributed by atoms with van der Waals surface area (Å²) in [6.45, 7) is 5.22. The Bertz CT molecular complexity index is 1000. The summed E-state index contributed by atoms with van der Waals surface area (Å²) < 4.78 is 7.61. The van der Waals surface area contributed by atoms with Crippen molar-refractivity contribution >= 4 is 39.2 Å². The number of thioether (sulfide) groups is 1. The second kappa shape index (κ2) is 8.63. The van der Waals surface area contributed by atoms with Gasteiger partial charge in [0.1, 0.15) is 4.83 Å². The number of aryl methyl sites for hydroxylation is 2. The average Bonchev–Trinajstić information content (AvgIpc) is 3.46. The molecule has 0 spiro atoms. The molecule has 1 atom stereocenters. The van der Waals surface area contributed by atoms with E-state index >= 15 is 0 Å². The molecule has 2 saturated heterocycles. The number of thiophene rings is 1. The summed E-state index contributed by atoms with van der Waals surface area (Å²) in [7, 11) is 0. The molecule has 6 nitrogen and oxygen atoms in total. The number of hydrogen-bond donors (Lipinski definition) is 0. The van der Waals surface area contributed by atoms with Crippen LogP contribution < -0.4 is 5.56 Å². The highest BCUT2D eigenvalue weighted by atomic mass is 32.2. The van der Waals surface area contributed by atoms with Gasteiger partial charge in [-0.05, 0) is 56.4 Å². The van der Waals surface area contributed by atoms with Crippen LogP contribution in [0, 0.1) is 5.92 Å². The van der Waals surface area contributed by atoms with E-state index in [4.69, 9.17) is 9.72 Å². The smallest absolute Gasteiger partial charge is 0.263 e. The Labute approximate surface area is 185 Å². The van der Waals surface area contributed by atoms with Gasteiger partial charge < -0.3 is 9.64 Å². The van der Waals surface area contributed by atoms with Crippen molar-refractivity contribution in [1.29, 1.82) is 0 Å². The van der Waals surface area contributed by atoms with Crippen molar-refractivity contribution in [2.45, 2.75) is 69.7 Å². The van der Waals surface area contributed by atoms with Crippen LogP contribution in [0.15, 0.2) is 9.95 Å². The lowest BCUT2D eigenvalue weighted by molar-refractivity contribution is -0.129. The third-order valence-electron chi connectivity index (χ3n) is 6.66. The van der Waals surface area contributed by atoms with E-state index in [1.807, 2.05) is 4.90 Å². The minimum Gasteiger partial charge on any atom is -0.376 e. The number of likely N-dealkylation sites (tertiary alicyclic amines) is 1. The molecule has 4 heterocycles. The maximum Gasteiger partial charge on any atom is 0.263 e. The van der Waals surface area contributed by atoms with Gasteiger partial charge in [-0.3, -0.25) is 14.2 Å². The van der Waals surface area contributed by atoms with Gasteiger partial charge in [-0.2, -0.15) is 0 Å². The van der Waals surface area contributed by atoms with Gasteiger partial charge in [0, 0.05) is 24.6 Å². The molecule has 0 bridgehead atoms. The van der Waals surface area contributed by atoms with Crippen LogP contribution in [0.3, 0.4) is 0 Å². The number of carbonyl (C=O) groups excluding carboxylic acids is 1. The van der Waals surface area contributed by atoms with E-state index in [1.54, 1.807) is 15.9 Å². The van der Waals surface area contributed by atoms with Crippen LogP contribution in [0.1, 0.15) is 49.5 Å². The lowest BCUT2D eigenvalue weighted by Gasteiger charge is -2.30. The standard InChI is InChI=1S/C22H29N3O3S2/c1-14-7-9-24(10-8-14)18(26)13-29-22-23-20-19(16-5-2-6-17(16)30-20)21(27)25(22)12-15-4-3-11-28-15/h14-15H,2-13H2,1H3/t15-/m0/s1. The van der Waals surface area contributed by atoms with Gasteiger partial charge in [-0.1, -0.05) is 18.7 Å². The molecular formula is C22H29N3O3S2. The number of carbonyl (C=O) groups is 1. The Kier molecular flexibility index (Phi) is 5.90. The van der Waals surface area contributed by atoms with Crippen LogP contribution in [-0.2, 0) is 28.9 Å². The molecule has 3 aliphatic rings. The number of fused-ring (bicyclic) bond motifs is 3. The fourth-order valence-electron chi connectivity index (χ4n) is 4.80. The van der Waals surface area contributed by atoms with E-state index in [2.05, 4.69) is 6.92 Å². The topological polar surface area (TPSA) is 64.4 Å². The molecule has 2 aromatic heterocycles. The summed E-state index contributed by atoms with van der Waals surface area (Å²) >= 11 is 3.08. The quantitative estimate of drug-likeness (QED) is 0.519. The van der Waals surface area contributed by atoms with Crippen LogP contribution in [-0.4, -0.2) is 51.9 Å². The number of aromatic nitrogens is 2. The van der Waals surface area contributed by atoms with Gasteiger partial charge in [-0.15, -0.1) is 11.3 Å². The van der Waals surface area contributed by atoms with Crippen LogP contribution in [0.25, 0.3) is 10.2 Å².